The topological polar surface area (TPSA) is 56.2 Å². The first-order chi connectivity index (χ1) is 15.2. The van der Waals surface area contributed by atoms with Crippen LogP contribution in [-0.2, 0) is 17.1 Å². The maximum absolute atomic E-state index is 12.2. The lowest BCUT2D eigenvalue weighted by Crippen LogP contribution is -2.24. The van der Waals surface area contributed by atoms with Crippen molar-refractivity contribution >= 4 is 29.0 Å². The van der Waals surface area contributed by atoms with Crippen molar-refractivity contribution in [3.63, 3.8) is 0 Å². The maximum Gasteiger partial charge on any atom is 0.230 e. The molecule has 0 saturated heterocycles. The average Bonchev–Trinajstić information content (AvgIpc) is 3.49. The molecule has 0 unspecified atom stereocenters. The van der Waals surface area contributed by atoms with Crippen LogP contribution in [0.3, 0.4) is 0 Å². The number of thioether (sulfide) groups is 1. The Balaban J connectivity index is 1.47. The lowest BCUT2D eigenvalue weighted by Gasteiger charge is -2.05. The van der Waals surface area contributed by atoms with Gasteiger partial charge in [0.25, 0.3) is 0 Å². The maximum atomic E-state index is 12.2. The molecule has 0 atom stereocenters. The van der Waals surface area contributed by atoms with E-state index in [2.05, 4.69) is 5.32 Å². The van der Waals surface area contributed by atoms with Crippen LogP contribution in [0, 0.1) is 0 Å². The Morgan fingerprint density at radius 3 is 2.61 bits per heavy atom. The molecular formula is C24H23N3O2S2. The number of benzene rings is 2. The van der Waals surface area contributed by atoms with Crippen molar-refractivity contribution in [3.05, 3.63) is 88.7 Å². The van der Waals surface area contributed by atoms with Gasteiger partial charge in [-0.3, -0.25) is 4.79 Å². The Bertz CT molecular complexity index is 1110. The van der Waals surface area contributed by atoms with Gasteiger partial charge in [-0.1, -0.05) is 24.3 Å². The first-order valence-corrected chi connectivity index (χ1v) is 11.9. The minimum Gasteiger partial charge on any atom is -0.497 e. The number of para-hydroxylation sites is 1. The summed E-state index contributed by atoms with van der Waals surface area (Å²) in [6.07, 6.45) is 2.05. The zero-order valence-corrected chi connectivity index (χ0v) is 18.8. The summed E-state index contributed by atoms with van der Waals surface area (Å²) in [7, 11) is 1.66. The van der Waals surface area contributed by atoms with Crippen molar-refractivity contribution in [1.82, 2.24) is 15.1 Å². The Labute approximate surface area is 190 Å². The van der Waals surface area contributed by atoms with Crippen molar-refractivity contribution in [2.24, 2.45) is 0 Å². The molecule has 5 nitrogen and oxygen atoms in total. The van der Waals surface area contributed by atoms with Gasteiger partial charge in [-0.2, -0.15) is 5.10 Å². The van der Waals surface area contributed by atoms with Gasteiger partial charge in [0.05, 0.1) is 30.8 Å². The first kappa shape index (κ1) is 21.2. The molecule has 1 amide bonds. The van der Waals surface area contributed by atoms with E-state index in [0.29, 0.717) is 18.1 Å². The van der Waals surface area contributed by atoms with E-state index >= 15 is 0 Å². The van der Waals surface area contributed by atoms with E-state index < -0.39 is 0 Å². The summed E-state index contributed by atoms with van der Waals surface area (Å²) in [6.45, 7) is 0.583. The van der Waals surface area contributed by atoms with Crippen molar-refractivity contribution in [1.29, 1.82) is 0 Å². The Morgan fingerprint density at radius 2 is 1.90 bits per heavy atom. The molecule has 2 heterocycles. The van der Waals surface area contributed by atoms with Crippen LogP contribution >= 0.6 is 23.1 Å². The number of aromatic nitrogens is 2. The van der Waals surface area contributed by atoms with E-state index in [4.69, 9.17) is 9.84 Å². The molecule has 31 heavy (non-hydrogen) atoms. The number of nitrogens with zero attached hydrogens (tertiary/aromatic N) is 2. The number of methoxy groups -OCH3 is 1. The second-order valence-corrected chi connectivity index (χ2v) is 8.88. The zero-order chi connectivity index (χ0) is 21.5. The highest BCUT2D eigenvalue weighted by Crippen LogP contribution is 2.28. The van der Waals surface area contributed by atoms with Gasteiger partial charge in [-0.05, 0) is 47.8 Å². The molecule has 1 N–H and O–H groups in total. The summed E-state index contributed by atoms with van der Waals surface area (Å²) >= 11 is 3.24. The summed E-state index contributed by atoms with van der Waals surface area (Å²) in [5, 5.41) is 9.83. The largest absolute Gasteiger partial charge is 0.497 e. The van der Waals surface area contributed by atoms with Crippen LogP contribution in [0.2, 0.25) is 0 Å². The quantitative estimate of drug-likeness (QED) is 0.384. The van der Waals surface area contributed by atoms with Gasteiger partial charge in [0.15, 0.2) is 0 Å². The number of carbonyl (C=O) groups excluding carboxylic acids is 1. The Kier molecular flexibility index (Phi) is 7.07. The number of carbonyl (C=O) groups is 1. The van der Waals surface area contributed by atoms with Gasteiger partial charge in [0.2, 0.25) is 5.91 Å². The van der Waals surface area contributed by atoms with Crippen LogP contribution in [0.5, 0.6) is 5.75 Å². The standard InChI is InChI=1S/C24H23N3O2S2/c1-29-21-11-9-18(10-12-21)24-19(15-27(26-24)20-6-3-2-4-7-20)16-30-17-23(28)25-14-22-8-5-13-31-22/h2-13,15H,14,16-17H2,1H3,(H,25,28). The fraction of sp³-hybridized carbons (Fsp3) is 0.167. The second-order valence-electron chi connectivity index (χ2n) is 6.86. The van der Waals surface area contributed by atoms with Gasteiger partial charge in [-0.15, -0.1) is 23.1 Å². The van der Waals surface area contributed by atoms with Crippen molar-refractivity contribution < 1.29 is 9.53 Å². The van der Waals surface area contributed by atoms with Crippen LogP contribution in [-0.4, -0.2) is 28.6 Å². The van der Waals surface area contributed by atoms with Gasteiger partial charge in [-0.25, -0.2) is 4.68 Å². The zero-order valence-electron chi connectivity index (χ0n) is 17.2. The molecule has 4 rings (SSSR count). The number of rotatable bonds is 9. The molecule has 2 aromatic carbocycles. The summed E-state index contributed by atoms with van der Waals surface area (Å²) < 4.78 is 7.17. The highest BCUT2D eigenvalue weighted by Gasteiger charge is 2.13. The number of thiophene rings is 1. The molecule has 7 heteroatoms. The number of hydrogen-bond acceptors (Lipinski definition) is 5. The predicted molar refractivity (Wildman–Crippen MR) is 128 cm³/mol. The molecule has 0 saturated carbocycles. The average molecular weight is 450 g/mol. The van der Waals surface area contributed by atoms with E-state index in [9.17, 15) is 4.79 Å². The number of nitrogens with one attached hydrogen (secondary N) is 1. The number of ether oxygens (including phenoxy) is 1. The van der Waals surface area contributed by atoms with Gasteiger partial charge < -0.3 is 10.1 Å². The van der Waals surface area contributed by atoms with Crippen molar-refractivity contribution in [2.75, 3.05) is 12.9 Å². The van der Waals surface area contributed by atoms with Crippen LogP contribution in [0.4, 0.5) is 0 Å². The molecule has 0 aliphatic heterocycles. The predicted octanol–water partition coefficient (Wildman–Crippen LogP) is 5.16. The summed E-state index contributed by atoms with van der Waals surface area (Å²) in [5.41, 5.74) is 4.03. The Hall–Kier alpha value is -3.03. The fourth-order valence-corrected chi connectivity index (χ4v) is 4.59. The number of amides is 1. The van der Waals surface area contributed by atoms with Crippen LogP contribution < -0.4 is 10.1 Å². The molecule has 0 aliphatic carbocycles. The molecule has 0 spiro atoms. The Morgan fingerprint density at radius 1 is 1.10 bits per heavy atom. The lowest BCUT2D eigenvalue weighted by molar-refractivity contribution is -0.118. The summed E-state index contributed by atoms with van der Waals surface area (Å²) in [5.74, 6) is 1.95. The van der Waals surface area contributed by atoms with E-state index in [0.717, 1.165) is 33.1 Å². The highest BCUT2D eigenvalue weighted by atomic mass is 32.2. The second kappa shape index (κ2) is 10.3. The lowest BCUT2D eigenvalue weighted by atomic mass is 10.1. The minimum absolute atomic E-state index is 0.0415. The van der Waals surface area contributed by atoms with Crippen LogP contribution in [0.15, 0.2) is 78.3 Å². The fourth-order valence-electron chi connectivity index (χ4n) is 3.12. The molecule has 0 radical (unpaired) electrons. The van der Waals surface area contributed by atoms with E-state index in [-0.39, 0.29) is 5.91 Å². The molecule has 0 fully saturated rings. The molecule has 0 bridgehead atoms. The van der Waals surface area contributed by atoms with E-state index in [1.165, 1.54) is 0 Å². The monoisotopic (exact) mass is 449 g/mol. The van der Waals surface area contributed by atoms with Gasteiger partial charge >= 0.3 is 0 Å². The third kappa shape index (κ3) is 5.57. The summed E-state index contributed by atoms with van der Waals surface area (Å²) in [4.78, 5) is 13.4. The van der Waals surface area contributed by atoms with E-state index in [1.807, 2.05) is 83.0 Å². The molecule has 4 aromatic rings. The number of hydrogen-bond donors (Lipinski definition) is 1. The van der Waals surface area contributed by atoms with Crippen molar-refractivity contribution in [3.8, 4) is 22.7 Å². The normalized spacial score (nSPS) is 10.7. The van der Waals surface area contributed by atoms with E-state index in [1.54, 1.807) is 30.2 Å². The molecule has 158 valence electrons. The van der Waals surface area contributed by atoms with Gasteiger partial charge in [0, 0.05) is 28.0 Å². The smallest absolute Gasteiger partial charge is 0.230 e. The van der Waals surface area contributed by atoms with Crippen LogP contribution in [0.1, 0.15) is 10.4 Å². The SMILES string of the molecule is COc1ccc(-c2nn(-c3ccccc3)cc2CSCC(=O)NCc2cccs2)cc1. The first-order valence-electron chi connectivity index (χ1n) is 9.88. The molecule has 0 aliphatic rings. The third-order valence-corrected chi connectivity index (χ3v) is 6.56. The minimum atomic E-state index is 0.0415. The molecular weight excluding hydrogens is 426 g/mol. The highest BCUT2D eigenvalue weighted by molar-refractivity contribution is 7.99. The molecule has 2 aromatic heterocycles. The summed E-state index contributed by atoms with van der Waals surface area (Å²) in [6, 6.07) is 22.0. The van der Waals surface area contributed by atoms with Crippen molar-refractivity contribution in [2.45, 2.75) is 12.3 Å². The van der Waals surface area contributed by atoms with Crippen LogP contribution in [0.25, 0.3) is 16.9 Å². The third-order valence-electron chi connectivity index (χ3n) is 4.70. The van der Waals surface area contributed by atoms with Gasteiger partial charge in [0.1, 0.15) is 5.75 Å².